The van der Waals surface area contributed by atoms with E-state index in [-0.39, 0.29) is 11.6 Å². The molecule has 10 heteroatoms. The molecule has 0 radical (unpaired) electrons. The van der Waals surface area contributed by atoms with Crippen molar-refractivity contribution in [2.24, 2.45) is 0 Å². The van der Waals surface area contributed by atoms with Gasteiger partial charge in [-0.1, -0.05) is 0 Å². The first-order chi connectivity index (χ1) is 12.1. The molecule has 0 amide bonds. The van der Waals surface area contributed by atoms with Gasteiger partial charge in [0.15, 0.2) is 0 Å². The van der Waals surface area contributed by atoms with Gasteiger partial charge in [0, 0.05) is 5.39 Å². The van der Waals surface area contributed by atoms with Gasteiger partial charge in [0.05, 0.1) is 28.3 Å². The maximum atomic E-state index is 12.7. The molecule has 0 unspecified atom stereocenters. The van der Waals surface area contributed by atoms with Crippen molar-refractivity contribution >= 4 is 22.5 Å². The minimum Gasteiger partial charge on any atom is -0.406 e. The third kappa shape index (κ3) is 3.72. The molecule has 26 heavy (non-hydrogen) atoms. The van der Waals surface area contributed by atoms with Crippen molar-refractivity contribution in [3.05, 3.63) is 53.7 Å². The van der Waals surface area contributed by atoms with Crippen molar-refractivity contribution in [3.8, 4) is 11.4 Å². The Morgan fingerprint density at radius 3 is 2.15 bits per heavy atom. The summed E-state index contributed by atoms with van der Waals surface area (Å²) in [6.45, 7) is 0. The minimum absolute atomic E-state index is 0.0976. The Hall–Kier alpha value is -2.42. The van der Waals surface area contributed by atoms with Gasteiger partial charge < -0.3 is 4.74 Å². The number of halogens is 7. The highest BCUT2D eigenvalue weighted by Crippen LogP contribution is 2.32. The van der Waals surface area contributed by atoms with E-state index in [1.54, 1.807) is 0 Å². The van der Waals surface area contributed by atoms with Gasteiger partial charge in [0.25, 0.3) is 0 Å². The molecule has 0 saturated carbocycles. The van der Waals surface area contributed by atoms with Gasteiger partial charge in [-0.15, -0.1) is 24.8 Å². The predicted molar refractivity (Wildman–Crippen MR) is 82.3 cm³/mol. The van der Waals surface area contributed by atoms with Gasteiger partial charge in [-0.25, -0.2) is 4.68 Å². The van der Waals surface area contributed by atoms with E-state index in [1.807, 2.05) is 0 Å². The SMILES string of the molecule is FC(F)(F)Oc1ccc2c(c1)c(CCl)nn2-c1ccc(C(F)(F)F)cc1. The molecule has 0 N–H and O–H groups in total. The van der Waals surface area contributed by atoms with Crippen LogP contribution in [0.2, 0.25) is 0 Å². The quantitative estimate of drug-likeness (QED) is 0.422. The van der Waals surface area contributed by atoms with Crippen molar-refractivity contribution in [2.75, 3.05) is 0 Å². The molecule has 2 aromatic carbocycles. The zero-order valence-corrected chi connectivity index (χ0v) is 13.5. The summed E-state index contributed by atoms with van der Waals surface area (Å²) in [6, 6.07) is 7.77. The van der Waals surface area contributed by atoms with E-state index in [0.717, 1.165) is 24.3 Å². The summed E-state index contributed by atoms with van der Waals surface area (Å²) in [6.07, 6.45) is -9.33. The van der Waals surface area contributed by atoms with Gasteiger partial charge >= 0.3 is 12.5 Å². The fourth-order valence-corrected chi connectivity index (χ4v) is 2.64. The fourth-order valence-electron chi connectivity index (χ4n) is 2.44. The highest BCUT2D eigenvalue weighted by Gasteiger charge is 2.32. The monoisotopic (exact) mass is 394 g/mol. The Balaban J connectivity index is 2.07. The molecule has 0 bridgehead atoms. The van der Waals surface area contributed by atoms with Crippen LogP contribution in [0.5, 0.6) is 5.75 Å². The van der Waals surface area contributed by atoms with Gasteiger partial charge in [-0.2, -0.15) is 18.3 Å². The summed E-state index contributed by atoms with van der Waals surface area (Å²) in [5.74, 6) is -0.539. The second kappa shape index (κ2) is 6.39. The van der Waals surface area contributed by atoms with E-state index in [9.17, 15) is 26.3 Å². The molecular weight excluding hydrogens is 386 g/mol. The Morgan fingerprint density at radius 2 is 1.62 bits per heavy atom. The number of hydrogen-bond donors (Lipinski definition) is 0. The average Bonchev–Trinajstić information content (AvgIpc) is 2.90. The first-order valence-corrected chi connectivity index (χ1v) is 7.63. The van der Waals surface area contributed by atoms with Crippen LogP contribution in [-0.2, 0) is 12.1 Å². The summed E-state index contributed by atoms with van der Waals surface area (Å²) >= 11 is 5.79. The molecule has 0 saturated heterocycles. The van der Waals surface area contributed by atoms with Gasteiger partial charge in [-0.05, 0) is 42.5 Å². The minimum atomic E-state index is -4.85. The lowest BCUT2D eigenvalue weighted by Crippen LogP contribution is -2.17. The molecule has 3 rings (SSSR count). The van der Waals surface area contributed by atoms with Crippen LogP contribution in [-0.4, -0.2) is 16.1 Å². The van der Waals surface area contributed by atoms with E-state index < -0.39 is 23.9 Å². The topological polar surface area (TPSA) is 27.1 Å². The van der Waals surface area contributed by atoms with Crippen molar-refractivity contribution in [1.82, 2.24) is 9.78 Å². The van der Waals surface area contributed by atoms with Crippen LogP contribution in [0.3, 0.4) is 0 Å². The van der Waals surface area contributed by atoms with Crippen molar-refractivity contribution in [1.29, 1.82) is 0 Å². The molecule has 1 heterocycles. The summed E-state index contributed by atoms with van der Waals surface area (Å²) in [5.41, 5.74) is 0.143. The molecule has 1 aromatic heterocycles. The molecule has 0 spiro atoms. The fraction of sp³-hybridized carbons (Fsp3) is 0.188. The standard InChI is InChI=1S/C16H9ClF6N2O/c17-8-13-12-7-11(26-16(21,22)23)5-6-14(12)25(24-13)10-3-1-9(2-4-10)15(18,19)20/h1-7H,8H2. The molecule has 3 aromatic rings. The van der Waals surface area contributed by atoms with Crippen molar-refractivity contribution < 1.29 is 31.1 Å². The normalized spacial score (nSPS) is 12.6. The van der Waals surface area contributed by atoms with Crippen LogP contribution in [0, 0.1) is 0 Å². The zero-order valence-electron chi connectivity index (χ0n) is 12.7. The maximum absolute atomic E-state index is 12.7. The molecule has 138 valence electrons. The zero-order chi connectivity index (χ0) is 19.1. The highest BCUT2D eigenvalue weighted by atomic mass is 35.5. The van der Waals surface area contributed by atoms with Crippen LogP contribution in [0.15, 0.2) is 42.5 Å². The molecule has 0 fully saturated rings. The van der Waals surface area contributed by atoms with E-state index in [2.05, 4.69) is 9.84 Å². The lowest BCUT2D eigenvalue weighted by molar-refractivity contribution is -0.274. The van der Waals surface area contributed by atoms with Crippen LogP contribution >= 0.6 is 11.6 Å². The van der Waals surface area contributed by atoms with Crippen molar-refractivity contribution in [3.63, 3.8) is 0 Å². The number of rotatable bonds is 3. The van der Waals surface area contributed by atoms with Crippen LogP contribution in [0.25, 0.3) is 16.6 Å². The third-order valence-corrected chi connectivity index (χ3v) is 3.78. The summed E-state index contributed by atoms with van der Waals surface area (Å²) in [4.78, 5) is 0. The molecule has 0 atom stereocenters. The Labute approximate surface area is 147 Å². The molecule has 0 aliphatic heterocycles. The van der Waals surface area contributed by atoms with E-state index in [0.29, 0.717) is 16.6 Å². The number of benzene rings is 2. The predicted octanol–water partition coefficient (Wildman–Crippen LogP) is 5.68. The number of nitrogens with zero attached hydrogens (tertiary/aromatic N) is 2. The second-order valence-corrected chi connectivity index (χ2v) is 5.53. The largest absolute Gasteiger partial charge is 0.573 e. The molecule has 0 aliphatic carbocycles. The molecule has 0 aliphatic rings. The smallest absolute Gasteiger partial charge is 0.406 e. The van der Waals surface area contributed by atoms with E-state index in [4.69, 9.17) is 11.6 Å². The average molecular weight is 395 g/mol. The highest BCUT2D eigenvalue weighted by molar-refractivity contribution is 6.17. The second-order valence-electron chi connectivity index (χ2n) is 5.26. The lowest BCUT2D eigenvalue weighted by Gasteiger charge is -2.10. The number of hydrogen-bond acceptors (Lipinski definition) is 2. The lowest BCUT2D eigenvalue weighted by atomic mass is 10.2. The molecular formula is C16H9ClF6N2O. The maximum Gasteiger partial charge on any atom is 0.573 e. The number of ether oxygens (including phenoxy) is 1. The van der Waals surface area contributed by atoms with E-state index in [1.165, 1.54) is 22.9 Å². The van der Waals surface area contributed by atoms with Gasteiger partial charge in [-0.3, -0.25) is 0 Å². The van der Waals surface area contributed by atoms with Gasteiger partial charge in [0.1, 0.15) is 5.75 Å². The van der Waals surface area contributed by atoms with Crippen LogP contribution in [0.4, 0.5) is 26.3 Å². The number of fused-ring (bicyclic) bond motifs is 1. The summed E-state index contributed by atoms with van der Waals surface area (Å²) in [5, 5.41) is 4.48. The Bertz CT molecular complexity index is 931. The summed E-state index contributed by atoms with van der Waals surface area (Å²) in [7, 11) is 0. The first-order valence-electron chi connectivity index (χ1n) is 7.09. The Kier molecular flexibility index (Phi) is 4.51. The third-order valence-electron chi connectivity index (χ3n) is 3.53. The van der Waals surface area contributed by atoms with Gasteiger partial charge in [0.2, 0.25) is 0 Å². The van der Waals surface area contributed by atoms with Crippen LogP contribution in [0.1, 0.15) is 11.3 Å². The van der Waals surface area contributed by atoms with E-state index >= 15 is 0 Å². The number of alkyl halides is 7. The Morgan fingerprint density at radius 1 is 0.962 bits per heavy atom. The summed E-state index contributed by atoms with van der Waals surface area (Å²) < 4.78 is 80.3. The molecule has 3 nitrogen and oxygen atoms in total. The number of aromatic nitrogens is 2. The first kappa shape index (κ1) is 18.4. The van der Waals surface area contributed by atoms with Crippen LogP contribution < -0.4 is 4.74 Å². The van der Waals surface area contributed by atoms with Crippen molar-refractivity contribution in [2.45, 2.75) is 18.4 Å².